The van der Waals surface area contributed by atoms with E-state index in [9.17, 15) is 18.8 Å². The first-order valence-corrected chi connectivity index (χ1v) is 9.85. The van der Waals surface area contributed by atoms with E-state index in [1.165, 1.54) is 16.9 Å². The van der Waals surface area contributed by atoms with E-state index < -0.39 is 18.0 Å². The third kappa shape index (κ3) is 3.72. The third-order valence-electron chi connectivity index (χ3n) is 5.75. The summed E-state index contributed by atoms with van der Waals surface area (Å²) in [5.41, 5.74) is 8.90. The zero-order chi connectivity index (χ0) is 22.3. The molecule has 4 rings (SSSR count). The summed E-state index contributed by atoms with van der Waals surface area (Å²) in [6.45, 7) is 4.28. The fourth-order valence-electron chi connectivity index (χ4n) is 4.14. The Kier molecular flexibility index (Phi) is 5.37. The zero-order valence-corrected chi connectivity index (χ0v) is 17.1. The number of aromatic nitrogens is 4. The molecular formula is C21H21F2N7O. The molecular weight excluding hydrogens is 404 g/mol. The lowest BCUT2D eigenvalue weighted by atomic mass is 9.88. The van der Waals surface area contributed by atoms with Crippen LogP contribution < -0.4 is 5.73 Å². The number of amides is 1. The van der Waals surface area contributed by atoms with Gasteiger partial charge in [0, 0.05) is 30.6 Å². The molecule has 0 radical (unpaired) electrons. The number of aryl methyl sites for hydroxylation is 2. The van der Waals surface area contributed by atoms with Crippen molar-refractivity contribution in [2.24, 2.45) is 5.73 Å². The van der Waals surface area contributed by atoms with E-state index in [2.05, 4.69) is 21.1 Å². The van der Waals surface area contributed by atoms with Crippen LogP contribution in [0.5, 0.6) is 0 Å². The maximum Gasteiger partial charge on any atom is 0.280 e. The number of carbonyl (C=O) groups is 1. The van der Waals surface area contributed by atoms with E-state index in [-0.39, 0.29) is 24.3 Å². The van der Waals surface area contributed by atoms with E-state index in [0.717, 1.165) is 11.1 Å². The summed E-state index contributed by atoms with van der Waals surface area (Å²) in [7, 11) is 0. The highest BCUT2D eigenvalue weighted by Crippen LogP contribution is 2.30. The largest absolute Gasteiger partial charge is 0.338 e. The number of hydrogen-bond donors (Lipinski definition) is 1. The second-order valence-electron chi connectivity index (χ2n) is 7.79. The molecule has 1 aliphatic heterocycles. The van der Waals surface area contributed by atoms with Crippen LogP contribution in [0.25, 0.3) is 5.78 Å². The summed E-state index contributed by atoms with van der Waals surface area (Å²) in [6.07, 6.45) is -1.00. The minimum absolute atomic E-state index is 0.0711. The molecule has 8 nitrogen and oxygen atoms in total. The van der Waals surface area contributed by atoms with Gasteiger partial charge in [0.05, 0.1) is 17.3 Å². The van der Waals surface area contributed by atoms with Gasteiger partial charge in [0.25, 0.3) is 18.1 Å². The fourth-order valence-corrected chi connectivity index (χ4v) is 4.14. The lowest BCUT2D eigenvalue weighted by molar-refractivity contribution is 0.0691. The minimum Gasteiger partial charge on any atom is -0.338 e. The van der Waals surface area contributed by atoms with Crippen LogP contribution in [0.2, 0.25) is 0 Å². The van der Waals surface area contributed by atoms with E-state index in [1.807, 2.05) is 0 Å². The van der Waals surface area contributed by atoms with Crippen molar-refractivity contribution in [3.63, 3.8) is 0 Å². The molecule has 0 saturated carbocycles. The number of nitrogens with zero attached hydrogens (tertiary/aromatic N) is 6. The Balaban J connectivity index is 1.68. The maximum atomic E-state index is 13.4. The quantitative estimate of drug-likeness (QED) is 0.690. The summed E-state index contributed by atoms with van der Waals surface area (Å²) < 4.78 is 28.1. The Labute approximate surface area is 177 Å². The molecule has 0 bridgehead atoms. The van der Waals surface area contributed by atoms with E-state index in [4.69, 9.17) is 5.73 Å². The Hall–Kier alpha value is -3.45. The van der Waals surface area contributed by atoms with Crippen LogP contribution in [0.15, 0.2) is 24.5 Å². The molecule has 160 valence electrons. The van der Waals surface area contributed by atoms with Crippen LogP contribution in [0, 0.1) is 25.2 Å². The fraction of sp³-hybridized carbons (Fsp3) is 0.381. The second kappa shape index (κ2) is 8.00. The van der Waals surface area contributed by atoms with Crippen LogP contribution in [-0.4, -0.2) is 49.5 Å². The third-order valence-corrected chi connectivity index (χ3v) is 5.75. The molecule has 2 N–H and O–H groups in total. The highest BCUT2D eigenvalue weighted by atomic mass is 19.3. The van der Waals surface area contributed by atoms with Crippen LogP contribution >= 0.6 is 0 Å². The van der Waals surface area contributed by atoms with Gasteiger partial charge in [-0.15, -0.1) is 0 Å². The van der Waals surface area contributed by atoms with Crippen LogP contribution in [0.1, 0.15) is 57.2 Å². The zero-order valence-electron chi connectivity index (χ0n) is 17.1. The van der Waals surface area contributed by atoms with Gasteiger partial charge in [0.2, 0.25) is 0 Å². The first-order valence-electron chi connectivity index (χ1n) is 9.85. The average Bonchev–Trinajstić information content (AvgIpc) is 3.21. The van der Waals surface area contributed by atoms with Gasteiger partial charge in [0.15, 0.2) is 0 Å². The number of likely N-dealkylation sites (tertiary alicyclic amines) is 1. The molecule has 3 aromatic rings. The molecule has 2 atom stereocenters. The number of carbonyl (C=O) groups excluding carboxylic acids is 1. The average molecular weight is 425 g/mol. The van der Waals surface area contributed by atoms with Gasteiger partial charge in [-0.2, -0.15) is 15.3 Å². The smallest absolute Gasteiger partial charge is 0.280 e. The molecule has 0 spiro atoms. The summed E-state index contributed by atoms with van der Waals surface area (Å²) in [6, 6.07) is 6.51. The van der Waals surface area contributed by atoms with Gasteiger partial charge in [-0.05, 0) is 49.6 Å². The highest BCUT2D eigenvalue weighted by Gasteiger charge is 2.33. The topological polar surface area (TPSA) is 113 Å². The predicted molar refractivity (Wildman–Crippen MR) is 108 cm³/mol. The van der Waals surface area contributed by atoms with Gasteiger partial charge < -0.3 is 10.6 Å². The highest BCUT2D eigenvalue weighted by molar-refractivity contribution is 5.95. The molecule has 3 heterocycles. The molecule has 1 unspecified atom stereocenters. The number of hydrogen-bond acceptors (Lipinski definition) is 6. The molecule has 31 heavy (non-hydrogen) atoms. The molecule has 1 amide bonds. The van der Waals surface area contributed by atoms with Crippen molar-refractivity contribution in [2.45, 2.75) is 38.7 Å². The van der Waals surface area contributed by atoms with Crippen molar-refractivity contribution >= 4 is 11.7 Å². The standard InChI is InChI=1S/C21H21F2N7O/c1-11-5-13(6-12(2)14(11)8-24)20(31)29-4-3-16(25)15(9-29)18-7-17(19(22)23)28-21-26-10-27-30(18)21/h5-7,10,15-16,19H,3-4,9,25H2,1-2H3/t15-,16?/m1/s1. The minimum atomic E-state index is -2.76. The van der Waals surface area contributed by atoms with E-state index in [1.54, 1.807) is 30.9 Å². The van der Waals surface area contributed by atoms with Gasteiger partial charge in [-0.3, -0.25) is 4.79 Å². The maximum absolute atomic E-state index is 13.4. The number of rotatable bonds is 3. The molecule has 0 aliphatic carbocycles. The number of halogens is 2. The van der Waals surface area contributed by atoms with Gasteiger partial charge >= 0.3 is 0 Å². The number of nitrogens with two attached hydrogens (primary N) is 1. The van der Waals surface area contributed by atoms with Crippen molar-refractivity contribution in [1.82, 2.24) is 24.5 Å². The number of alkyl halides is 2. The van der Waals surface area contributed by atoms with Gasteiger partial charge in [-0.1, -0.05) is 0 Å². The Morgan fingerprint density at radius 3 is 2.65 bits per heavy atom. The predicted octanol–water partition coefficient (Wildman–Crippen LogP) is 2.51. The number of nitriles is 1. The lowest BCUT2D eigenvalue weighted by Crippen LogP contribution is -2.48. The Bertz CT molecular complexity index is 1180. The van der Waals surface area contributed by atoms with Crippen molar-refractivity contribution < 1.29 is 13.6 Å². The first-order chi connectivity index (χ1) is 14.8. The molecule has 2 aromatic heterocycles. The van der Waals surface area contributed by atoms with Crippen molar-refractivity contribution in [2.75, 3.05) is 13.1 Å². The summed E-state index contributed by atoms with van der Waals surface area (Å²) in [4.78, 5) is 22.7. The summed E-state index contributed by atoms with van der Waals surface area (Å²) >= 11 is 0. The van der Waals surface area contributed by atoms with Gasteiger partial charge in [0.1, 0.15) is 12.0 Å². The number of piperidine rings is 1. The first kappa shape index (κ1) is 20.8. The Morgan fingerprint density at radius 1 is 1.29 bits per heavy atom. The number of benzene rings is 1. The summed E-state index contributed by atoms with van der Waals surface area (Å²) in [5, 5.41) is 13.4. The van der Waals surface area contributed by atoms with Crippen molar-refractivity contribution in [3.8, 4) is 6.07 Å². The van der Waals surface area contributed by atoms with Gasteiger partial charge in [-0.25, -0.2) is 18.3 Å². The molecule has 1 aromatic carbocycles. The van der Waals surface area contributed by atoms with E-state index >= 15 is 0 Å². The van der Waals surface area contributed by atoms with E-state index in [0.29, 0.717) is 29.8 Å². The van der Waals surface area contributed by atoms with Crippen LogP contribution in [0.3, 0.4) is 0 Å². The molecule has 1 aliphatic rings. The second-order valence-corrected chi connectivity index (χ2v) is 7.79. The molecule has 1 saturated heterocycles. The summed E-state index contributed by atoms with van der Waals surface area (Å²) in [5.74, 6) is -0.532. The normalized spacial score (nSPS) is 19.1. The van der Waals surface area contributed by atoms with Crippen molar-refractivity contribution in [1.29, 1.82) is 5.26 Å². The van der Waals surface area contributed by atoms with Crippen LogP contribution in [-0.2, 0) is 0 Å². The SMILES string of the molecule is Cc1cc(C(=O)N2CCC(N)[C@H](c3cc(C(F)F)nc4ncnn34)C2)cc(C)c1C#N. The molecule has 1 fully saturated rings. The molecule has 10 heteroatoms. The van der Waals surface area contributed by atoms with Crippen LogP contribution in [0.4, 0.5) is 8.78 Å². The Morgan fingerprint density at radius 2 is 2.00 bits per heavy atom. The monoisotopic (exact) mass is 425 g/mol. The lowest BCUT2D eigenvalue weighted by Gasteiger charge is -2.37. The van der Waals surface area contributed by atoms with Crippen molar-refractivity contribution in [3.05, 3.63) is 58.2 Å². The number of fused-ring (bicyclic) bond motifs is 1.